The molecule has 178 valence electrons. The minimum absolute atomic E-state index is 0.0814. The number of hydrogen-bond donors (Lipinski definition) is 0. The molecule has 1 heterocycles. The lowest BCUT2D eigenvalue weighted by Gasteiger charge is -2.42. The minimum Gasteiger partial charge on any atom is -0.268 e. The standard InChI is InChI=1S/C30H36N2OS/c1-3-4-5-11-19-34-29-31-27-25-16-8-7-14-23(25)21-30(17-9-6-10-18-30)26(27)28(33)32(29)24-15-12-13-22(2)20-24/h7-8,12-16,20H,3-6,9-11,17-19,21H2,1-2H3. The van der Waals surface area contributed by atoms with E-state index in [-0.39, 0.29) is 11.0 Å². The summed E-state index contributed by atoms with van der Waals surface area (Å²) >= 11 is 1.75. The molecule has 3 nitrogen and oxygen atoms in total. The molecule has 5 rings (SSSR count). The summed E-state index contributed by atoms with van der Waals surface area (Å²) in [7, 11) is 0. The molecule has 0 atom stereocenters. The Hall–Kier alpha value is -2.33. The van der Waals surface area contributed by atoms with Crippen molar-refractivity contribution in [2.75, 3.05) is 5.75 Å². The summed E-state index contributed by atoms with van der Waals surface area (Å²) in [5, 5.41) is 0.841. The van der Waals surface area contributed by atoms with Crippen molar-refractivity contribution >= 4 is 11.8 Å². The first-order chi connectivity index (χ1) is 16.6. The average Bonchev–Trinajstić information content (AvgIpc) is 2.84. The molecule has 0 amide bonds. The molecule has 0 bridgehead atoms. The first-order valence-electron chi connectivity index (χ1n) is 13.1. The molecule has 1 aromatic heterocycles. The Bertz CT molecular complexity index is 1220. The number of benzene rings is 2. The van der Waals surface area contributed by atoms with E-state index in [1.165, 1.54) is 49.7 Å². The minimum atomic E-state index is -0.0814. The zero-order chi connectivity index (χ0) is 23.5. The van der Waals surface area contributed by atoms with Gasteiger partial charge in [-0.3, -0.25) is 9.36 Å². The predicted octanol–water partition coefficient (Wildman–Crippen LogP) is 7.64. The Kier molecular flexibility index (Phi) is 6.96. The maximum atomic E-state index is 14.5. The van der Waals surface area contributed by atoms with E-state index in [9.17, 15) is 4.79 Å². The van der Waals surface area contributed by atoms with Gasteiger partial charge in [-0.1, -0.05) is 93.6 Å². The number of thioether (sulfide) groups is 1. The number of rotatable bonds is 7. The summed E-state index contributed by atoms with van der Waals surface area (Å²) in [6, 6.07) is 17.0. The molecular weight excluding hydrogens is 436 g/mol. The quantitative estimate of drug-likeness (QED) is 0.201. The third kappa shape index (κ3) is 4.37. The van der Waals surface area contributed by atoms with Gasteiger partial charge in [0.2, 0.25) is 0 Å². The fourth-order valence-electron chi connectivity index (χ4n) is 5.97. The topological polar surface area (TPSA) is 34.9 Å². The first-order valence-corrected chi connectivity index (χ1v) is 14.1. The summed E-state index contributed by atoms with van der Waals surface area (Å²) < 4.78 is 1.93. The van der Waals surface area contributed by atoms with Crippen molar-refractivity contribution in [3.63, 3.8) is 0 Å². The van der Waals surface area contributed by atoms with Crippen LogP contribution >= 0.6 is 11.8 Å². The van der Waals surface area contributed by atoms with Gasteiger partial charge in [-0.15, -0.1) is 0 Å². The van der Waals surface area contributed by atoms with Crippen molar-refractivity contribution < 1.29 is 0 Å². The van der Waals surface area contributed by atoms with Gasteiger partial charge in [-0.2, -0.15) is 0 Å². The van der Waals surface area contributed by atoms with Gasteiger partial charge in [0.25, 0.3) is 5.56 Å². The van der Waals surface area contributed by atoms with E-state index in [4.69, 9.17) is 4.98 Å². The lowest BCUT2D eigenvalue weighted by Crippen LogP contribution is -2.42. The maximum absolute atomic E-state index is 14.5. The van der Waals surface area contributed by atoms with Gasteiger partial charge >= 0.3 is 0 Å². The second-order valence-corrected chi connectivity index (χ2v) is 11.2. The van der Waals surface area contributed by atoms with Gasteiger partial charge in [0, 0.05) is 16.7 Å². The van der Waals surface area contributed by atoms with Crippen LogP contribution in [-0.2, 0) is 11.8 Å². The summed E-state index contributed by atoms with van der Waals surface area (Å²) in [6.07, 6.45) is 11.7. The molecule has 3 aromatic rings. The lowest BCUT2D eigenvalue weighted by molar-refractivity contribution is 0.283. The van der Waals surface area contributed by atoms with Crippen LogP contribution < -0.4 is 5.56 Å². The van der Waals surface area contributed by atoms with E-state index in [0.717, 1.165) is 59.1 Å². The number of aromatic nitrogens is 2. The average molecular weight is 473 g/mol. The largest absolute Gasteiger partial charge is 0.268 e. The fourth-order valence-corrected chi connectivity index (χ4v) is 6.98. The number of unbranched alkanes of at least 4 members (excludes halogenated alkanes) is 3. The second-order valence-electron chi connectivity index (χ2n) is 10.2. The van der Waals surface area contributed by atoms with Crippen LogP contribution in [0.25, 0.3) is 16.9 Å². The molecule has 1 spiro atoms. The third-order valence-corrected chi connectivity index (χ3v) is 8.71. The zero-order valence-corrected chi connectivity index (χ0v) is 21.4. The van der Waals surface area contributed by atoms with Crippen molar-refractivity contribution in [2.24, 2.45) is 0 Å². The van der Waals surface area contributed by atoms with Crippen molar-refractivity contribution in [3.05, 3.63) is 75.6 Å². The molecule has 34 heavy (non-hydrogen) atoms. The van der Waals surface area contributed by atoms with Crippen LogP contribution in [0.3, 0.4) is 0 Å². The molecule has 1 saturated carbocycles. The molecule has 4 heteroatoms. The van der Waals surface area contributed by atoms with Crippen LogP contribution in [0.5, 0.6) is 0 Å². The van der Waals surface area contributed by atoms with E-state index < -0.39 is 0 Å². The molecule has 2 aliphatic carbocycles. The van der Waals surface area contributed by atoms with Crippen LogP contribution in [0.2, 0.25) is 0 Å². The number of nitrogens with zero attached hydrogens (tertiary/aromatic N) is 2. The van der Waals surface area contributed by atoms with E-state index in [1.54, 1.807) is 11.8 Å². The fraction of sp³-hybridized carbons (Fsp3) is 0.467. The predicted molar refractivity (Wildman–Crippen MR) is 143 cm³/mol. The highest BCUT2D eigenvalue weighted by Gasteiger charge is 2.43. The SMILES string of the molecule is CCCCCCSc1nc2c(c(=O)n1-c1cccc(C)c1)C1(CCCCC1)Cc1ccccc1-2. The Morgan fingerprint density at radius 2 is 1.82 bits per heavy atom. The van der Waals surface area contributed by atoms with Crippen LogP contribution in [0.15, 0.2) is 58.5 Å². The normalized spacial score (nSPS) is 16.3. The maximum Gasteiger partial charge on any atom is 0.263 e. The zero-order valence-electron chi connectivity index (χ0n) is 20.6. The molecule has 0 N–H and O–H groups in total. The highest BCUT2D eigenvalue weighted by molar-refractivity contribution is 7.99. The van der Waals surface area contributed by atoms with Crippen LogP contribution in [0, 0.1) is 6.92 Å². The van der Waals surface area contributed by atoms with Gasteiger partial charge in [-0.25, -0.2) is 4.98 Å². The van der Waals surface area contributed by atoms with Crippen molar-refractivity contribution in [1.29, 1.82) is 0 Å². The van der Waals surface area contributed by atoms with Gasteiger partial charge in [0.05, 0.1) is 16.9 Å². The third-order valence-electron chi connectivity index (χ3n) is 7.68. The van der Waals surface area contributed by atoms with Gasteiger partial charge in [-0.05, 0) is 55.9 Å². The Morgan fingerprint density at radius 3 is 2.62 bits per heavy atom. The Labute approximate surface area is 208 Å². The van der Waals surface area contributed by atoms with E-state index >= 15 is 0 Å². The Balaban J connectivity index is 1.70. The van der Waals surface area contributed by atoms with E-state index in [2.05, 4.69) is 62.4 Å². The molecule has 2 aromatic carbocycles. The van der Waals surface area contributed by atoms with Crippen LogP contribution in [-0.4, -0.2) is 15.3 Å². The summed E-state index contributed by atoms with van der Waals surface area (Å²) in [6.45, 7) is 4.34. The summed E-state index contributed by atoms with van der Waals surface area (Å²) in [5.74, 6) is 0.990. The van der Waals surface area contributed by atoms with Crippen molar-refractivity contribution in [3.8, 4) is 16.9 Å². The van der Waals surface area contributed by atoms with E-state index in [0.29, 0.717) is 0 Å². The molecule has 0 aliphatic heterocycles. The van der Waals surface area contributed by atoms with Crippen molar-refractivity contribution in [2.45, 2.75) is 88.6 Å². The second kappa shape index (κ2) is 10.1. The number of hydrogen-bond acceptors (Lipinski definition) is 3. The molecule has 1 fully saturated rings. The van der Waals surface area contributed by atoms with Crippen molar-refractivity contribution in [1.82, 2.24) is 9.55 Å². The number of fused-ring (bicyclic) bond motifs is 4. The smallest absolute Gasteiger partial charge is 0.263 e. The molecule has 0 radical (unpaired) electrons. The van der Waals surface area contributed by atoms with Crippen LogP contribution in [0.4, 0.5) is 0 Å². The molecular formula is C30H36N2OS. The molecule has 0 unspecified atom stereocenters. The van der Waals surface area contributed by atoms with Crippen LogP contribution in [0.1, 0.15) is 81.4 Å². The van der Waals surface area contributed by atoms with Gasteiger partial charge < -0.3 is 0 Å². The number of aryl methyl sites for hydroxylation is 1. The lowest BCUT2D eigenvalue weighted by atomic mass is 9.62. The highest BCUT2D eigenvalue weighted by Crippen LogP contribution is 2.49. The monoisotopic (exact) mass is 472 g/mol. The highest BCUT2D eigenvalue weighted by atomic mass is 32.2. The molecule has 2 aliphatic rings. The summed E-state index contributed by atoms with van der Waals surface area (Å²) in [5.41, 5.74) is 6.63. The summed E-state index contributed by atoms with van der Waals surface area (Å²) in [4.78, 5) is 19.8. The Morgan fingerprint density at radius 1 is 1.00 bits per heavy atom. The first kappa shape index (κ1) is 23.4. The van der Waals surface area contributed by atoms with Gasteiger partial charge in [0.1, 0.15) is 0 Å². The van der Waals surface area contributed by atoms with Gasteiger partial charge in [0.15, 0.2) is 5.16 Å². The van der Waals surface area contributed by atoms with E-state index in [1.807, 2.05) is 4.57 Å². The molecule has 0 saturated heterocycles.